The summed E-state index contributed by atoms with van der Waals surface area (Å²) in [5.74, 6) is 0.324. The van der Waals surface area contributed by atoms with Crippen molar-refractivity contribution in [2.45, 2.75) is 26.7 Å². The first kappa shape index (κ1) is 12.9. The molecule has 0 bridgehead atoms. The summed E-state index contributed by atoms with van der Waals surface area (Å²) >= 11 is 0. The fourth-order valence-corrected chi connectivity index (χ4v) is 2.28. The molecular formula is C14H20N2O2. The minimum atomic E-state index is 0.0293. The Labute approximate surface area is 107 Å². The number of benzene rings is 1. The minimum absolute atomic E-state index is 0.0293. The number of phenolic OH excluding ortho intramolecular Hbond substituents is 1. The number of carbonyl (C=O) groups excluding carboxylic acids is 1. The standard InChI is InChI=1S/C14H20N2O2/c1-9-5-6-12(10(2)13(9)17)16-14(18)11-4-3-7-15-8-11/h5-6,11,15,17H,3-4,7-8H2,1-2H3,(H,16,18)/t11-/m1/s1. The van der Waals surface area contributed by atoms with Gasteiger partial charge < -0.3 is 15.7 Å². The number of nitrogens with one attached hydrogen (secondary N) is 2. The molecule has 0 spiro atoms. The highest BCUT2D eigenvalue weighted by Crippen LogP contribution is 2.28. The molecule has 1 amide bonds. The van der Waals surface area contributed by atoms with Crippen molar-refractivity contribution in [3.8, 4) is 5.75 Å². The maximum Gasteiger partial charge on any atom is 0.228 e. The van der Waals surface area contributed by atoms with E-state index in [0.29, 0.717) is 5.69 Å². The lowest BCUT2D eigenvalue weighted by atomic mass is 9.98. The Morgan fingerprint density at radius 3 is 2.89 bits per heavy atom. The Morgan fingerprint density at radius 2 is 2.22 bits per heavy atom. The van der Waals surface area contributed by atoms with E-state index < -0.39 is 0 Å². The highest BCUT2D eigenvalue weighted by Gasteiger charge is 2.21. The molecule has 98 valence electrons. The summed E-state index contributed by atoms with van der Waals surface area (Å²) in [5.41, 5.74) is 2.26. The third kappa shape index (κ3) is 2.64. The maximum atomic E-state index is 12.1. The van der Waals surface area contributed by atoms with Crippen molar-refractivity contribution in [2.24, 2.45) is 5.92 Å². The minimum Gasteiger partial charge on any atom is -0.507 e. The average molecular weight is 248 g/mol. The largest absolute Gasteiger partial charge is 0.507 e. The molecule has 1 atom stereocenters. The van der Waals surface area contributed by atoms with E-state index in [1.165, 1.54) is 0 Å². The predicted octanol–water partition coefficient (Wildman–Crippen LogP) is 1.95. The van der Waals surface area contributed by atoms with E-state index in [4.69, 9.17) is 0 Å². The van der Waals surface area contributed by atoms with Crippen LogP contribution in [0.25, 0.3) is 0 Å². The lowest BCUT2D eigenvalue weighted by Crippen LogP contribution is -2.37. The van der Waals surface area contributed by atoms with Gasteiger partial charge in [0.15, 0.2) is 0 Å². The number of anilines is 1. The third-order valence-corrected chi connectivity index (χ3v) is 3.56. The Balaban J connectivity index is 2.09. The SMILES string of the molecule is Cc1ccc(NC(=O)[C@@H]2CCCNC2)c(C)c1O. The second kappa shape index (κ2) is 5.40. The Morgan fingerprint density at radius 1 is 1.44 bits per heavy atom. The number of hydrogen-bond donors (Lipinski definition) is 3. The molecule has 1 fully saturated rings. The van der Waals surface area contributed by atoms with Crippen molar-refractivity contribution in [2.75, 3.05) is 18.4 Å². The summed E-state index contributed by atoms with van der Waals surface area (Å²) in [4.78, 5) is 12.1. The molecule has 1 aromatic carbocycles. The Hall–Kier alpha value is -1.55. The summed E-state index contributed by atoms with van der Waals surface area (Å²) in [7, 11) is 0. The van der Waals surface area contributed by atoms with Gasteiger partial charge in [0, 0.05) is 17.8 Å². The normalized spacial score (nSPS) is 19.6. The van der Waals surface area contributed by atoms with Crippen molar-refractivity contribution in [3.63, 3.8) is 0 Å². The molecule has 4 heteroatoms. The molecule has 1 aromatic rings. The number of amides is 1. The summed E-state index contributed by atoms with van der Waals surface area (Å²) in [5, 5.41) is 16.0. The van der Waals surface area contributed by atoms with Crippen LogP contribution in [0.3, 0.4) is 0 Å². The van der Waals surface area contributed by atoms with Gasteiger partial charge in [-0.25, -0.2) is 0 Å². The number of rotatable bonds is 2. The van der Waals surface area contributed by atoms with E-state index >= 15 is 0 Å². The van der Waals surface area contributed by atoms with Crippen molar-refractivity contribution in [1.29, 1.82) is 0 Å². The number of carbonyl (C=O) groups is 1. The van der Waals surface area contributed by atoms with Gasteiger partial charge in [-0.05, 0) is 44.9 Å². The van der Waals surface area contributed by atoms with E-state index in [1.807, 2.05) is 26.0 Å². The molecule has 0 aromatic heterocycles. The lowest BCUT2D eigenvalue weighted by Gasteiger charge is -2.22. The first-order valence-electron chi connectivity index (χ1n) is 6.40. The summed E-state index contributed by atoms with van der Waals surface area (Å²) in [6.45, 7) is 5.40. The number of aryl methyl sites for hydroxylation is 1. The van der Waals surface area contributed by atoms with Crippen LogP contribution < -0.4 is 10.6 Å². The van der Waals surface area contributed by atoms with E-state index in [9.17, 15) is 9.90 Å². The van der Waals surface area contributed by atoms with Gasteiger partial charge in [-0.2, -0.15) is 0 Å². The molecule has 2 rings (SSSR count). The summed E-state index contributed by atoms with van der Waals surface area (Å²) in [6.07, 6.45) is 1.96. The maximum absolute atomic E-state index is 12.1. The number of phenols is 1. The highest BCUT2D eigenvalue weighted by atomic mass is 16.3. The molecule has 0 aliphatic carbocycles. The van der Waals surface area contributed by atoms with Gasteiger partial charge in [-0.1, -0.05) is 6.07 Å². The van der Waals surface area contributed by atoms with Crippen LogP contribution in [0.1, 0.15) is 24.0 Å². The van der Waals surface area contributed by atoms with Crippen molar-refractivity contribution in [3.05, 3.63) is 23.3 Å². The number of aromatic hydroxyl groups is 1. The monoisotopic (exact) mass is 248 g/mol. The average Bonchev–Trinajstić information content (AvgIpc) is 2.40. The van der Waals surface area contributed by atoms with Crippen molar-refractivity contribution < 1.29 is 9.90 Å². The van der Waals surface area contributed by atoms with Gasteiger partial charge in [0.25, 0.3) is 0 Å². The number of piperidine rings is 1. The van der Waals surface area contributed by atoms with Crippen LogP contribution in [-0.4, -0.2) is 24.1 Å². The topological polar surface area (TPSA) is 61.4 Å². The second-order valence-corrected chi connectivity index (χ2v) is 4.94. The Bertz CT molecular complexity index is 451. The van der Waals surface area contributed by atoms with Crippen molar-refractivity contribution in [1.82, 2.24) is 5.32 Å². The van der Waals surface area contributed by atoms with Crippen LogP contribution in [-0.2, 0) is 4.79 Å². The van der Waals surface area contributed by atoms with Gasteiger partial charge >= 0.3 is 0 Å². The zero-order chi connectivity index (χ0) is 13.1. The molecule has 0 saturated carbocycles. The van der Waals surface area contributed by atoms with Crippen molar-refractivity contribution >= 4 is 11.6 Å². The van der Waals surface area contributed by atoms with E-state index in [0.717, 1.165) is 37.1 Å². The lowest BCUT2D eigenvalue weighted by molar-refractivity contribution is -0.120. The fourth-order valence-electron chi connectivity index (χ4n) is 2.28. The molecular weight excluding hydrogens is 228 g/mol. The molecule has 18 heavy (non-hydrogen) atoms. The molecule has 0 unspecified atom stereocenters. The van der Waals surface area contributed by atoms with Gasteiger partial charge in [0.2, 0.25) is 5.91 Å². The first-order chi connectivity index (χ1) is 8.59. The first-order valence-corrected chi connectivity index (χ1v) is 6.40. The predicted molar refractivity (Wildman–Crippen MR) is 71.8 cm³/mol. The van der Waals surface area contributed by atoms with E-state index in [-0.39, 0.29) is 17.6 Å². The van der Waals surface area contributed by atoms with E-state index in [2.05, 4.69) is 10.6 Å². The third-order valence-electron chi connectivity index (χ3n) is 3.56. The van der Waals surface area contributed by atoms with Crippen LogP contribution in [0.4, 0.5) is 5.69 Å². The van der Waals surface area contributed by atoms with Gasteiger partial charge in [0.1, 0.15) is 5.75 Å². The quantitative estimate of drug-likeness (QED) is 0.749. The van der Waals surface area contributed by atoms with Gasteiger partial charge in [-0.15, -0.1) is 0 Å². The molecule has 1 heterocycles. The number of hydrogen-bond acceptors (Lipinski definition) is 3. The smallest absolute Gasteiger partial charge is 0.228 e. The molecule has 0 radical (unpaired) electrons. The molecule has 3 N–H and O–H groups in total. The van der Waals surface area contributed by atoms with Crippen LogP contribution in [0.5, 0.6) is 5.75 Å². The van der Waals surface area contributed by atoms with Gasteiger partial charge in [-0.3, -0.25) is 4.79 Å². The zero-order valence-corrected chi connectivity index (χ0v) is 10.9. The van der Waals surface area contributed by atoms with E-state index in [1.54, 1.807) is 0 Å². The summed E-state index contributed by atoms with van der Waals surface area (Å²) < 4.78 is 0. The fraction of sp³-hybridized carbons (Fsp3) is 0.500. The Kier molecular flexibility index (Phi) is 3.87. The molecule has 1 saturated heterocycles. The highest BCUT2D eigenvalue weighted by molar-refractivity contribution is 5.93. The van der Waals surface area contributed by atoms with Gasteiger partial charge in [0.05, 0.1) is 5.92 Å². The zero-order valence-electron chi connectivity index (χ0n) is 10.9. The molecule has 1 aliphatic heterocycles. The molecule has 1 aliphatic rings. The van der Waals surface area contributed by atoms with Crippen LogP contribution in [0, 0.1) is 19.8 Å². The van der Waals surface area contributed by atoms with Crippen LogP contribution in [0.15, 0.2) is 12.1 Å². The molecule has 4 nitrogen and oxygen atoms in total. The van der Waals surface area contributed by atoms with Crippen LogP contribution >= 0.6 is 0 Å². The van der Waals surface area contributed by atoms with Crippen LogP contribution in [0.2, 0.25) is 0 Å². The second-order valence-electron chi connectivity index (χ2n) is 4.94. The summed E-state index contributed by atoms with van der Waals surface area (Å²) in [6, 6.07) is 3.66.